The summed E-state index contributed by atoms with van der Waals surface area (Å²) in [6.07, 6.45) is 5.78. The summed E-state index contributed by atoms with van der Waals surface area (Å²) in [5, 5.41) is 0. The topological polar surface area (TPSA) is 19.7 Å². The van der Waals surface area contributed by atoms with E-state index in [2.05, 4.69) is 38.8 Å². The fourth-order valence-corrected chi connectivity index (χ4v) is 1.37. The van der Waals surface area contributed by atoms with Crippen molar-refractivity contribution in [1.29, 1.82) is 0 Å². The van der Waals surface area contributed by atoms with Crippen LogP contribution in [0.2, 0.25) is 0 Å². The first-order chi connectivity index (χ1) is 5.25. The van der Waals surface area contributed by atoms with Gasteiger partial charge in [0.15, 0.2) is 0 Å². The highest BCUT2D eigenvalue weighted by Gasteiger charge is 2.08. The number of unbranched alkanes of at least 4 members (excludes halogenated alkanes) is 1. The number of aromatic nitrogens is 2. The van der Waals surface area contributed by atoms with E-state index in [9.17, 15) is 0 Å². The largest absolute Gasteiger partial charge is 0.253 e. The molecule has 0 saturated carbocycles. The number of nitrogens with one attached hydrogen (secondary N) is 1. The van der Waals surface area contributed by atoms with Crippen LogP contribution in [0.3, 0.4) is 0 Å². The van der Waals surface area contributed by atoms with E-state index >= 15 is 0 Å². The molecular formula is C8H16N2P+. The van der Waals surface area contributed by atoms with Crippen LogP contribution >= 0.6 is 9.39 Å². The van der Waals surface area contributed by atoms with Gasteiger partial charge in [0.2, 0.25) is 0 Å². The molecule has 1 atom stereocenters. The Hall–Kier alpha value is -0.360. The van der Waals surface area contributed by atoms with Gasteiger partial charge in [-0.05, 0) is 6.42 Å². The number of hydrogen-bond donors (Lipinski definition) is 1. The van der Waals surface area contributed by atoms with Gasteiger partial charge in [0.05, 0.1) is 9.39 Å². The maximum absolute atomic E-state index is 3.19. The molecule has 0 aliphatic carbocycles. The summed E-state index contributed by atoms with van der Waals surface area (Å²) in [5.74, 6) is 1.20. The molecule has 0 aliphatic rings. The molecule has 1 aromatic rings. The second kappa shape index (κ2) is 3.87. The van der Waals surface area contributed by atoms with Gasteiger partial charge in [0.1, 0.15) is 11.9 Å². The summed E-state index contributed by atoms with van der Waals surface area (Å²) >= 11 is 0. The van der Waals surface area contributed by atoms with E-state index in [1.54, 1.807) is 0 Å². The standard InChI is InChI=1S/C8H15N2P/c1-3-4-5-8-6-9-7(2)10(8)11/h6H,3-5,11H2,1-2H3/p+1. The van der Waals surface area contributed by atoms with Crippen molar-refractivity contribution in [2.45, 2.75) is 33.1 Å². The van der Waals surface area contributed by atoms with Crippen molar-refractivity contribution in [3.05, 3.63) is 17.7 Å². The number of rotatable bonds is 3. The highest BCUT2D eigenvalue weighted by molar-refractivity contribution is 7.07. The first-order valence-electron chi connectivity index (χ1n) is 4.09. The Morgan fingerprint density at radius 2 is 2.36 bits per heavy atom. The molecule has 2 nitrogen and oxygen atoms in total. The average molecular weight is 171 g/mol. The Balaban J connectivity index is 2.63. The fraction of sp³-hybridized carbons (Fsp3) is 0.625. The lowest BCUT2D eigenvalue weighted by Crippen LogP contribution is -2.25. The Bertz CT molecular complexity index is 230. The first kappa shape index (κ1) is 8.73. The van der Waals surface area contributed by atoms with Crippen molar-refractivity contribution in [3.8, 4) is 0 Å². The van der Waals surface area contributed by atoms with Crippen LogP contribution in [0.15, 0.2) is 6.20 Å². The van der Waals surface area contributed by atoms with E-state index in [0.717, 1.165) is 0 Å². The number of hydrogen-bond acceptors (Lipinski definition) is 0. The van der Waals surface area contributed by atoms with Crippen LogP contribution in [0, 0.1) is 6.92 Å². The SMILES string of the molecule is CCCCc1c[nH]c(C)[n+]1P. The van der Waals surface area contributed by atoms with Gasteiger partial charge in [-0.15, -0.1) is 0 Å². The summed E-state index contributed by atoms with van der Waals surface area (Å²) in [5.41, 5.74) is 1.37. The molecule has 0 amide bonds. The van der Waals surface area contributed by atoms with Crippen molar-refractivity contribution in [3.63, 3.8) is 0 Å². The molecule has 1 unspecified atom stereocenters. The lowest BCUT2D eigenvalue weighted by Gasteiger charge is -1.93. The molecular weight excluding hydrogens is 155 g/mol. The van der Waals surface area contributed by atoms with Crippen LogP contribution in [0.4, 0.5) is 0 Å². The minimum Gasteiger partial charge on any atom is -0.247 e. The van der Waals surface area contributed by atoms with Crippen molar-refractivity contribution >= 4 is 9.39 Å². The van der Waals surface area contributed by atoms with E-state index < -0.39 is 0 Å². The summed E-state index contributed by atoms with van der Waals surface area (Å²) < 4.78 is 2.13. The van der Waals surface area contributed by atoms with Crippen LogP contribution in [-0.4, -0.2) is 4.98 Å². The second-order valence-corrected chi connectivity index (χ2v) is 3.36. The molecule has 0 saturated heterocycles. The third-order valence-corrected chi connectivity index (χ3v) is 2.62. The molecule has 0 aromatic carbocycles. The van der Waals surface area contributed by atoms with Gasteiger partial charge in [0, 0.05) is 13.3 Å². The molecule has 0 spiro atoms. The van der Waals surface area contributed by atoms with Gasteiger partial charge in [-0.3, -0.25) is 0 Å². The first-order valence-corrected chi connectivity index (χ1v) is 4.61. The lowest BCUT2D eigenvalue weighted by atomic mass is 10.2. The highest BCUT2D eigenvalue weighted by atomic mass is 31.0. The van der Waals surface area contributed by atoms with Crippen LogP contribution in [-0.2, 0) is 6.42 Å². The third-order valence-electron chi connectivity index (χ3n) is 1.90. The fourth-order valence-electron chi connectivity index (χ4n) is 1.09. The monoisotopic (exact) mass is 171 g/mol. The van der Waals surface area contributed by atoms with E-state index in [-0.39, 0.29) is 0 Å². The quantitative estimate of drug-likeness (QED) is 0.666. The van der Waals surface area contributed by atoms with Gasteiger partial charge >= 0.3 is 0 Å². The van der Waals surface area contributed by atoms with Gasteiger partial charge in [-0.2, -0.15) is 0 Å². The van der Waals surface area contributed by atoms with Gasteiger partial charge < -0.3 is 0 Å². The second-order valence-electron chi connectivity index (χ2n) is 2.84. The Morgan fingerprint density at radius 1 is 1.64 bits per heavy atom. The molecule has 1 N–H and O–H groups in total. The molecule has 3 heteroatoms. The summed E-state index contributed by atoms with van der Waals surface area (Å²) in [7, 11) is 2.71. The maximum Gasteiger partial charge on any atom is 0.253 e. The molecule has 0 aliphatic heterocycles. The Morgan fingerprint density at radius 3 is 2.82 bits per heavy atom. The van der Waals surface area contributed by atoms with Crippen molar-refractivity contribution < 1.29 is 4.34 Å². The molecule has 1 aromatic heterocycles. The number of nitrogens with zero attached hydrogens (tertiary/aromatic N) is 1. The van der Waals surface area contributed by atoms with Crippen molar-refractivity contribution in [1.82, 2.24) is 4.98 Å². The lowest BCUT2D eigenvalue weighted by molar-refractivity contribution is -0.515. The Labute approximate surface area is 70.3 Å². The predicted molar refractivity (Wildman–Crippen MR) is 49.4 cm³/mol. The molecule has 1 heterocycles. The number of imidazole rings is 1. The third kappa shape index (κ3) is 2.03. The van der Waals surface area contributed by atoms with Crippen LogP contribution in [0.5, 0.6) is 0 Å². The van der Waals surface area contributed by atoms with Crippen LogP contribution in [0.25, 0.3) is 0 Å². The van der Waals surface area contributed by atoms with Crippen molar-refractivity contribution in [2.75, 3.05) is 0 Å². The minimum absolute atomic E-state index is 1.17. The zero-order valence-electron chi connectivity index (χ0n) is 7.22. The molecule has 11 heavy (non-hydrogen) atoms. The van der Waals surface area contributed by atoms with E-state index in [1.807, 2.05) is 0 Å². The molecule has 62 valence electrons. The summed E-state index contributed by atoms with van der Waals surface area (Å²) in [6, 6.07) is 0. The molecule has 0 bridgehead atoms. The van der Waals surface area contributed by atoms with Crippen LogP contribution < -0.4 is 4.34 Å². The average Bonchev–Trinajstić information content (AvgIpc) is 2.31. The summed E-state index contributed by atoms with van der Waals surface area (Å²) in [4.78, 5) is 3.19. The zero-order valence-corrected chi connectivity index (χ0v) is 8.38. The van der Waals surface area contributed by atoms with E-state index in [0.29, 0.717) is 0 Å². The van der Waals surface area contributed by atoms with Gasteiger partial charge in [-0.1, -0.05) is 13.3 Å². The van der Waals surface area contributed by atoms with Crippen LogP contribution in [0.1, 0.15) is 31.3 Å². The molecule has 0 radical (unpaired) electrons. The highest BCUT2D eigenvalue weighted by Crippen LogP contribution is 2.01. The number of aryl methyl sites for hydroxylation is 2. The summed E-state index contributed by atoms with van der Waals surface area (Å²) in [6.45, 7) is 4.29. The van der Waals surface area contributed by atoms with Gasteiger partial charge in [0.25, 0.3) is 5.82 Å². The number of aromatic amines is 1. The molecule has 1 rings (SSSR count). The maximum atomic E-state index is 3.19. The van der Waals surface area contributed by atoms with E-state index in [4.69, 9.17) is 0 Å². The van der Waals surface area contributed by atoms with Crippen molar-refractivity contribution in [2.24, 2.45) is 0 Å². The minimum atomic E-state index is 1.17. The molecule has 0 fully saturated rings. The normalized spacial score (nSPS) is 10.5. The smallest absolute Gasteiger partial charge is 0.247 e. The van der Waals surface area contributed by atoms with E-state index in [1.165, 1.54) is 30.8 Å². The Kier molecular flexibility index (Phi) is 3.07. The number of H-pyrrole nitrogens is 1. The zero-order chi connectivity index (χ0) is 8.27. The predicted octanol–water partition coefficient (Wildman–Crippen LogP) is 1.59. The van der Waals surface area contributed by atoms with Gasteiger partial charge in [-0.25, -0.2) is 9.32 Å².